The fourth-order valence-electron chi connectivity index (χ4n) is 2.14. The number of carboxylic acid groups (broad SMARTS) is 1. The molecule has 1 heterocycles. The zero-order chi connectivity index (χ0) is 12.4. The highest BCUT2D eigenvalue weighted by molar-refractivity contribution is 5.88. The topological polar surface area (TPSA) is 58.4 Å². The Morgan fingerprint density at radius 3 is 2.88 bits per heavy atom. The third kappa shape index (κ3) is 2.66. The van der Waals surface area contributed by atoms with Gasteiger partial charge in [0.2, 0.25) is 0 Å². The van der Waals surface area contributed by atoms with Crippen molar-refractivity contribution < 1.29 is 9.90 Å². The predicted octanol–water partition coefficient (Wildman–Crippen LogP) is 1.49. The van der Waals surface area contributed by atoms with E-state index in [9.17, 15) is 4.79 Å². The van der Waals surface area contributed by atoms with E-state index in [0.29, 0.717) is 18.2 Å². The van der Waals surface area contributed by atoms with Crippen LogP contribution in [0.15, 0.2) is 6.20 Å². The van der Waals surface area contributed by atoms with Gasteiger partial charge in [0.15, 0.2) is 0 Å². The number of carbonyl (C=O) groups is 1. The number of aromatic carboxylic acids is 1. The predicted molar refractivity (Wildman–Crippen MR) is 63.9 cm³/mol. The number of aryl methyl sites for hydroxylation is 1. The maximum absolute atomic E-state index is 11.1. The van der Waals surface area contributed by atoms with Crippen molar-refractivity contribution in [1.29, 1.82) is 0 Å². The van der Waals surface area contributed by atoms with Crippen molar-refractivity contribution in [3.63, 3.8) is 0 Å². The molecule has 1 aromatic heterocycles. The second kappa shape index (κ2) is 4.87. The van der Waals surface area contributed by atoms with Crippen LogP contribution in [0.3, 0.4) is 0 Å². The van der Waals surface area contributed by atoms with Crippen molar-refractivity contribution in [3.05, 3.63) is 17.5 Å². The van der Waals surface area contributed by atoms with E-state index in [-0.39, 0.29) is 0 Å². The van der Waals surface area contributed by atoms with E-state index >= 15 is 0 Å². The summed E-state index contributed by atoms with van der Waals surface area (Å²) in [6.07, 6.45) is 5.01. The summed E-state index contributed by atoms with van der Waals surface area (Å²) in [4.78, 5) is 13.5. The van der Waals surface area contributed by atoms with E-state index in [1.54, 1.807) is 11.7 Å². The number of hydrogen-bond acceptors (Lipinski definition) is 3. The highest BCUT2D eigenvalue weighted by Crippen LogP contribution is 2.28. The minimum Gasteiger partial charge on any atom is -0.478 e. The number of rotatable bonds is 6. The lowest BCUT2D eigenvalue weighted by Crippen LogP contribution is -2.28. The van der Waals surface area contributed by atoms with Crippen LogP contribution in [-0.4, -0.2) is 38.3 Å². The van der Waals surface area contributed by atoms with Gasteiger partial charge in [-0.15, -0.1) is 0 Å². The number of aromatic nitrogens is 2. The molecule has 5 nitrogen and oxygen atoms in total. The van der Waals surface area contributed by atoms with E-state index in [0.717, 1.165) is 18.7 Å². The number of nitrogens with zero attached hydrogens (tertiary/aromatic N) is 3. The molecule has 0 aliphatic heterocycles. The van der Waals surface area contributed by atoms with Gasteiger partial charge < -0.3 is 5.11 Å². The Hall–Kier alpha value is -1.36. The largest absolute Gasteiger partial charge is 0.478 e. The number of carboxylic acids is 1. The Balaban J connectivity index is 2.15. The molecule has 0 amide bonds. The van der Waals surface area contributed by atoms with E-state index in [1.807, 2.05) is 0 Å². The van der Waals surface area contributed by atoms with E-state index in [2.05, 4.69) is 16.9 Å². The minimum atomic E-state index is -0.889. The standard InChI is InChI=1S/C12H19N3O2/c1-3-6-15(9-4-5-9)8-11-10(12(16)17)7-13-14(11)2/h7,9H,3-6,8H2,1-2H3,(H,16,17). The maximum atomic E-state index is 11.1. The molecular weight excluding hydrogens is 218 g/mol. The fraction of sp³-hybridized carbons (Fsp3) is 0.667. The molecule has 94 valence electrons. The van der Waals surface area contributed by atoms with Crippen molar-refractivity contribution in [3.8, 4) is 0 Å². The van der Waals surface area contributed by atoms with Gasteiger partial charge in [0.1, 0.15) is 5.56 Å². The van der Waals surface area contributed by atoms with E-state index in [4.69, 9.17) is 5.11 Å². The average molecular weight is 237 g/mol. The molecule has 1 fully saturated rings. The molecule has 0 radical (unpaired) electrons. The average Bonchev–Trinajstić information content (AvgIpc) is 3.04. The summed E-state index contributed by atoms with van der Waals surface area (Å²) < 4.78 is 1.68. The summed E-state index contributed by atoms with van der Waals surface area (Å²) in [6.45, 7) is 3.86. The van der Waals surface area contributed by atoms with Crippen molar-refractivity contribution in [2.75, 3.05) is 6.54 Å². The Bertz CT molecular complexity index is 410. The Kier molecular flexibility index (Phi) is 3.47. The molecule has 0 spiro atoms. The first kappa shape index (κ1) is 12.1. The van der Waals surface area contributed by atoms with Crippen LogP contribution in [0.5, 0.6) is 0 Å². The Morgan fingerprint density at radius 1 is 1.65 bits per heavy atom. The van der Waals surface area contributed by atoms with Crippen LogP contribution >= 0.6 is 0 Å². The number of hydrogen-bond donors (Lipinski definition) is 1. The van der Waals surface area contributed by atoms with Crippen LogP contribution in [0, 0.1) is 0 Å². The van der Waals surface area contributed by atoms with E-state index in [1.165, 1.54) is 19.0 Å². The molecule has 1 saturated carbocycles. The first-order chi connectivity index (χ1) is 8.13. The van der Waals surface area contributed by atoms with Crippen LogP contribution in [0.4, 0.5) is 0 Å². The van der Waals surface area contributed by atoms with Crippen molar-refractivity contribution in [2.24, 2.45) is 7.05 Å². The van der Waals surface area contributed by atoms with Gasteiger partial charge in [0.05, 0.1) is 11.9 Å². The second-order valence-electron chi connectivity index (χ2n) is 4.64. The summed E-state index contributed by atoms with van der Waals surface area (Å²) in [6, 6.07) is 0.645. The zero-order valence-corrected chi connectivity index (χ0v) is 10.4. The third-order valence-electron chi connectivity index (χ3n) is 3.22. The van der Waals surface area contributed by atoms with Gasteiger partial charge in [0, 0.05) is 19.6 Å². The molecule has 1 aliphatic rings. The summed E-state index contributed by atoms with van der Waals surface area (Å²) in [5.74, 6) is -0.889. The molecule has 2 rings (SSSR count). The van der Waals surface area contributed by atoms with Crippen molar-refractivity contribution in [2.45, 2.75) is 38.8 Å². The van der Waals surface area contributed by atoms with Gasteiger partial charge >= 0.3 is 5.97 Å². The monoisotopic (exact) mass is 237 g/mol. The minimum absolute atomic E-state index is 0.328. The maximum Gasteiger partial charge on any atom is 0.339 e. The SMILES string of the molecule is CCCN(Cc1c(C(=O)O)cnn1C)C1CC1. The van der Waals surface area contributed by atoms with Crippen LogP contribution in [0.1, 0.15) is 42.2 Å². The first-order valence-electron chi connectivity index (χ1n) is 6.11. The molecular formula is C12H19N3O2. The molecule has 0 unspecified atom stereocenters. The first-order valence-corrected chi connectivity index (χ1v) is 6.11. The summed E-state index contributed by atoms with van der Waals surface area (Å²) in [5, 5.41) is 13.1. The lowest BCUT2D eigenvalue weighted by Gasteiger charge is -2.21. The molecule has 1 N–H and O–H groups in total. The summed E-state index contributed by atoms with van der Waals surface area (Å²) in [7, 11) is 1.80. The molecule has 0 aromatic carbocycles. The highest BCUT2D eigenvalue weighted by Gasteiger charge is 2.30. The van der Waals surface area contributed by atoms with Crippen LogP contribution < -0.4 is 0 Å². The lowest BCUT2D eigenvalue weighted by molar-refractivity contribution is 0.0694. The van der Waals surface area contributed by atoms with Gasteiger partial charge in [-0.3, -0.25) is 9.58 Å². The Morgan fingerprint density at radius 2 is 2.35 bits per heavy atom. The third-order valence-corrected chi connectivity index (χ3v) is 3.22. The Labute approximate surface area is 101 Å². The van der Waals surface area contributed by atoms with Crippen LogP contribution in [0.2, 0.25) is 0 Å². The molecule has 0 saturated heterocycles. The molecule has 5 heteroatoms. The van der Waals surface area contributed by atoms with Gasteiger partial charge in [-0.05, 0) is 25.8 Å². The molecule has 1 aliphatic carbocycles. The zero-order valence-electron chi connectivity index (χ0n) is 10.4. The molecule has 0 bridgehead atoms. The van der Waals surface area contributed by atoms with Gasteiger partial charge in [-0.1, -0.05) is 6.92 Å². The van der Waals surface area contributed by atoms with Crippen LogP contribution in [0.25, 0.3) is 0 Å². The van der Waals surface area contributed by atoms with E-state index < -0.39 is 5.97 Å². The molecule has 1 aromatic rings. The molecule has 17 heavy (non-hydrogen) atoms. The lowest BCUT2D eigenvalue weighted by atomic mass is 10.2. The normalized spacial score (nSPS) is 15.5. The quantitative estimate of drug-likeness (QED) is 0.814. The van der Waals surface area contributed by atoms with Gasteiger partial charge in [0.25, 0.3) is 0 Å². The second-order valence-corrected chi connectivity index (χ2v) is 4.64. The van der Waals surface area contributed by atoms with Crippen LogP contribution in [-0.2, 0) is 13.6 Å². The van der Waals surface area contributed by atoms with Gasteiger partial charge in [-0.25, -0.2) is 4.79 Å². The smallest absolute Gasteiger partial charge is 0.339 e. The van der Waals surface area contributed by atoms with Crippen molar-refractivity contribution in [1.82, 2.24) is 14.7 Å². The molecule has 0 atom stereocenters. The summed E-state index contributed by atoms with van der Waals surface area (Å²) in [5.41, 5.74) is 1.13. The summed E-state index contributed by atoms with van der Waals surface area (Å²) >= 11 is 0. The highest BCUT2D eigenvalue weighted by atomic mass is 16.4. The van der Waals surface area contributed by atoms with Crippen molar-refractivity contribution >= 4 is 5.97 Å². The van der Waals surface area contributed by atoms with Gasteiger partial charge in [-0.2, -0.15) is 5.10 Å². The fourth-order valence-corrected chi connectivity index (χ4v) is 2.14.